The minimum Gasteiger partial charge on any atom is -0.399 e. The highest BCUT2D eigenvalue weighted by molar-refractivity contribution is 7.98. The first-order valence-electron chi connectivity index (χ1n) is 17.6. The highest BCUT2D eigenvalue weighted by Crippen LogP contribution is 2.35. The maximum absolute atomic E-state index is 13.4. The lowest BCUT2D eigenvalue weighted by atomic mass is 10.1. The van der Waals surface area contributed by atoms with Crippen molar-refractivity contribution in [3.05, 3.63) is 158 Å². The monoisotopic (exact) mass is 755 g/mol. The molecule has 0 aliphatic heterocycles. The summed E-state index contributed by atoms with van der Waals surface area (Å²) in [7, 11) is 0. The van der Waals surface area contributed by atoms with E-state index in [1.807, 2.05) is 72.8 Å². The number of nitrogens with zero attached hydrogens (tertiary/aromatic N) is 6. The molecule has 0 amide bonds. The third kappa shape index (κ3) is 7.86. The molecule has 4 aromatic carbocycles. The zero-order valence-electron chi connectivity index (χ0n) is 30.3. The number of hydrogen-bond donors (Lipinski definition) is 3. The molecule has 5 aromatic heterocycles. The van der Waals surface area contributed by atoms with E-state index in [4.69, 9.17) is 20.2 Å². The Morgan fingerprint density at radius 3 is 1.71 bits per heavy atom. The summed E-state index contributed by atoms with van der Waals surface area (Å²) >= 11 is 1.72. The van der Waals surface area contributed by atoms with Crippen LogP contribution < -0.4 is 5.73 Å². The molecule has 0 spiro atoms. The Labute approximate surface area is 326 Å². The maximum Gasteiger partial charge on any atom is 0.223 e. The number of aromatic amines is 2. The van der Waals surface area contributed by atoms with Gasteiger partial charge in [0.2, 0.25) is 11.7 Å². The van der Waals surface area contributed by atoms with Gasteiger partial charge in [-0.25, -0.2) is 14.4 Å². The molecule has 9 rings (SSSR count). The fraction of sp³-hybridized carbons (Fsp3) is 0.0455. The normalized spacial score (nSPS) is 10.9. The Hall–Kier alpha value is -7.18. The van der Waals surface area contributed by atoms with E-state index >= 15 is 0 Å². The summed E-state index contributed by atoms with van der Waals surface area (Å²) in [6, 6.07) is 38.0. The molecule has 0 saturated heterocycles. The van der Waals surface area contributed by atoms with Crippen molar-refractivity contribution in [2.75, 3.05) is 12.0 Å². The average Bonchev–Trinajstić information content (AvgIpc) is 4.02. The van der Waals surface area contributed by atoms with Gasteiger partial charge in [0.15, 0.2) is 0 Å². The van der Waals surface area contributed by atoms with Gasteiger partial charge in [0, 0.05) is 81.2 Å². The van der Waals surface area contributed by atoms with Crippen LogP contribution >= 0.6 is 11.8 Å². The van der Waals surface area contributed by atoms with Gasteiger partial charge in [-0.2, -0.15) is 4.98 Å². The Bertz CT molecular complexity index is 2710. The summed E-state index contributed by atoms with van der Waals surface area (Å²) in [5, 5.41) is 3.99. The van der Waals surface area contributed by atoms with Crippen LogP contribution in [0.15, 0.2) is 156 Å². The molecule has 0 aliphatic carbocycles. The number of benzene rings is 4. The average molecular weight is 756 g/mol. The number of aromatic nitrogens is 8. The van der Waals surface area contributed by atoms with Crippen LogP contribution in [0, 0.1) is 12.7 Å². The van der Waals surface area contributed by atoms with Crippen molar-refractivity contribution in [1.29, 1.82) is 0 Å². The van der Waals surface area contributed by atoms with Crippen molar-refractivity contribution in [1.82, 2.24) is 40.0 Å². The summed E-state index contributed by atoms with van der Waals surface area (Å²) in [6.45, 7) is 1.75. The van der Waals surface area contributed by atoms with E-state index in [0.29, 0.717) is 17.5 Å². The first kappa shape index (κ1) is 35.8. The lowest BCUT2D eigenvalue weighted by Crippen LogP contribution is -1.87. The molecule has 274 valence electrons. The van der Waals surface area contributed by atoms with Crippen LogP contribution in [0.2, 0.25) is 0 Å². The van der Waals surface area contributed by atoms with E-state index < -0.39 is 0 Å². The first-order valence-corrected chi connectivity index (χ1v) is 18.8. The van der Waals surface area contributed by atoms with Crippen molar-refractivity contribution in [3.8, 4) is 79.2 Å². The highest BCUT2D eigenvalue weighted by Gasteiger charge is 2.18. The van der Waals surface area contributed by atoms with Gasteiger partial charge in [0.1, 0.15) is 17.5 Å². The van der Waals surface area contributed by atoms with Crippen molar-refractivity contribution in [2.45, 2.75) is 11.8 Å². The summed E-state index contributed by atoms with van der Waals surface area (Å²) in [5.41, 5.74) is 16.6. The summed E-state index contributed by atoms with van der Waals surface area (Å²) in [6.07, 6.45) is 9.09. The molecule has 12 heteroatoms. The van der Waals surface area contributed by atoms with Crippen LogP contribution in [0.25, 0.3) is 79.2 Å². The van der Waals surface area contributed by atoms with E-state index in [0.717, 1.165) is 73.2 Å². The molecule has 10 nitrogen and oxygen atoms in total. The van der Waals surface area contributed by atoms with Crippen molar-refractivity contribution in [3.63, 3.8) is 0 Å². The van der Waals surface area contributed by atoms with Crippen LogP contribution in [0.1, 0.15) is 5.89 Å². The van der Waals surface area contributed by atoms with Gasteiger partial charge in [-0.1, -0.05) is 47.6 Å². The minimum atomic E-state index is -0.289. The van der Waals surface area contributed by atoms with Gasteiger partial charge in [0.05, 0.1) is 22.8 Å². The SMILES string of the molecule is CSc1ccc(-c2nc(-c3cccc(N)c3)c(-c3ccncc3)[nH]2)cc1.Cc1nc(-c2cccc(-c3nc(-c4ccc(F)cc4)c(-c4ccncc4)[nH]3)c2)no1. The predicted octanol–water partition coefficient (Wildman–Crippen LogP) is 10.4. The molecule has 0 fully saturated rings. The van der Waals surface area contributed by atoms with Crippen molar-refractivity contribution >= 4 is 17.4 Å². The van der Waals surface area contributed by atoms with Gasteiger partial charge in [-0.05, 0) is 85.1 Å². The van der Waals surface area contributed by atoms with Crippen LogP contribution in [-0.4, -0.2) is 46.3 Å². The van der Waals surface area contributed by atoms with Crippen LogP contribution in [-0.2, 0) is 0 Å². The fourth-order valence-electron chi connectivity index (χ4n) is 6.16. The molecule has 0 saturated carbocycles. The molecule has 56 heavy (non-hydrogen) atoms. The third-order valence-electron chi connectivity index (χ3n) is 8.91. The molecule has 0 radical (unpaired) electrons. The van der Waals surface area contributed by atoms with Gasteiger partial charge in [-0.3, -0.25) is 9.97 Å². The van der Waals surface area contributed by atoms with Crippen LogP contribution in [0.4, 0.5) is 10.1 Å². The standard InChI is InChI=1S/C23H16FN5O.C21H18N4S/c1-14-26-23(29-30-14)18-4-2-3-17(13-18)22-27-20(15-5-7-19(24)8-6-15)21(28-22)16-9-11-25-12-10-16;1-26-18-7-5-15(6-8-18)21-24-19(14-9-11-23-12-10-14)20(25-21)16-3-2-4-17(22)13-16/h2-13H,1H3,(H,27,28);2-13H,22H2,1H3,(H,24,25). The summed E-state index contributed by atoms with van der Waals surface area (Å²) in [5.74, 6) is 2.26. The Balaban J connectivity index is 0.000000159. The maximum atomic E-state index is 13.4. The molecule has 4 N–H and O–H groups in total. The van der Waals surface area contributed by atoms with Crippen LogP contribution in [0.3, 0.4) is 0 Å². The molecule has 9 aromatic rings. The van der Waals surface area contributed by atoms with E-state index in [1.54, 1.807) is 55.6 Å². The number of halogens is 1. The predicted molar refractivity (Wildman–Crippen MR) is 220 cm³/mol. The molecular weight excluding hydrogens is 722 g/mol. The minimum absolute atomic E-state index is 0.289. The summed E-state index contributed by atoms with van der Waals surface area (Å²) in [4.78, 5) is 30.3. The number of anilines is 1. The van der Waals surface area contributed by atoms with E-state index in [-0.39, 0.29) is 5.82 Å². The zero-order valence-corrected chi connectivity index (χ0v) is 31.1. The largest absolute Gasteiger partial charge is 0.399 e. The smallest absolute Gasteiger partial charge is 0.223 e. The van der Waals surface area contributed by atoms with E-state index in [2.05, 4.69) is 60.6 Å². The number of H-pyrrole nitrogens is 2. The van der Waals surface area contributed by atoms with Crippen molar-refractivity contribution in [2.24, 2.45) is 0 Å². The van der Waals surface area contributed by atoms with Gasteiger partial charge < -0.3 is 20.2 Å². The second-order valence-electron chi connectivity index (χ2n) is 12.7. The second kappa shape index (κ2) is 16.0. The zero-order chi connectivity index (χ0) is 38.4. The van der Waals surface area contributed by atoms with Gasteiger partial charge in [0.25, 0.3) is 0 Å². The van der Waals surface area contributed by atoms with E-state index in [9.17, 15) is 4.39 Å². The number of nitrogens with one attached hydrogen (secondary N) is 2. The number of rotatable bonds is 8. The number of pyridine rings is 2. The Kier molecular flexibility index (Phi) is 10.3. The first-order chi connectivity index (χ1) is 27.4. The number of hydrogen-bond acceptors (Lipinski definition) is 9. The van der Waals surface area contributed by atoms with Crippen molar-refractivity contribution < 1.29 is 8.91 Å². The molecule has 0 aliphatic rings. The lowest BCUT2D eigenvalue weighted by Gasteiger charge is -2.03. The number of aryl methyl sites for hydroxylation is 1. The number of thioether (sulfide) groups is 1. The lowest BCUT2D eigenvalue weighted by molar-refractivity contribution is 0.394. The van der Waals surface area contributed by atoms with Crippen LogP contribution in [0.5, 0.6) is 0 Å². The molecular formula is C44H34FN9OS. The molecule has 0 atom stereocenters. The third-order valence-corrected chi connectivity index (χ3v) is 9.65. The second-order valence-corrected chi connectivity index (χ2v) is 13.5. The molecule has 0 unspecified atom stereocenters. The van der Waals surface area contributed by atoms with E-state index in [1.165, 1.54) is 17.0 Å². The molecule has 0 bridgehead atoms. The quantitative estimate of drug-likeness (QED) is 0.102. The molecule has 5 heterocycles. The fourth-order valence-corrected chi connectivity index (χ4v) is 6.57. The number of nitrogens with two attached hydrogens (primary N) is 1. The Morgan fingerprint density at radius 1 is 0.571 bits per heavy atom. The number of nitrogen functional groups attached to an aromatic ring is 1. The summed E-state index contributed by atoms with van der Waals surface area (Å²) < 4.78 is 18.5. The topological polar surface area (TPSA) is 148 Å². The highest BCUT2D eigenvalue weighted by atomic mass is 32.2. The number of imidazole rings is 2. The van der Waals surface area contributed by atoms with Gasteiger partial charge in [-0.15, -0.1) is 11.8 Å². The Morgan fingerprint density at radius 2 is 1.12 bits per heavy atom. The van der Waals surface area contributed by atoms with Gasteiger partial charge >= 0.3 is 0 Å².